The van der Waals surface area contributed by atoms with E-state index in [0.29, 0.717) is 11.3 Å². The third kappa shape index (κ3) is 1.67. The summed E-state index contributed by atoms with van der Waals surface area (Å²) < 4.78 is 0. The zero-order valence-electron chi connectivity index (χ0n) is 10.1. The summed E-state index contributed by atoms with van der Waals surface area (Å²) in [6, 6.07) is 7.33. The fourth-order valence-electron chi connectivity index (χ4n) is 2.89. The van der Waals surface area contributed by atoms with E-state index in [2.05, 4.69) is 0 Å². The highest BCUT2D eigenvalue weighted by Gasteiger charge is 2.18. The van der Waals surface area contributed by atoms with Crippen LogP contribution in [0.5, 0.6) is 17.2 Å². The molecule has 3 N–H and O–H groups in total. The second-order valence-electron chi connectivity index (χ2n) is 5.05. The molecule has 0 unspecified atom stereocenters. The second kappa shape index (κ2) is 4.09. The number of fused-ring (bicyclic) bond motifs is 1. The molecular formula is C15H16O3. The van der Waals surface area contributed by atoms with E-state index in [1.807, 2.05) is 18.2 Å². The van der Waals surface area contributed by atoms with Gasteiger partial charge >= 0.3 is 0 Å². The van der Waals surface area contributed by atoms with Crippen LogP contribution < -0.4 is 0 Å². The number of hydrogen-bond acceptors (Lipinski definition) is 3. The number of hydrogen-bond donors (Lipinski definition) is 3. The molecule has 0 bridgehead atoms. The largest absolute Gasteiger partial charge is 0.504 e. The van der Waals surface area contributed by atoms with E-state index in [1.54, 1.807) is 0 Å². The van der Waals surface area contributed by atoms with Crippen molar-refractivity contribution in [3.05, 3.63) is 29.8 Å². The highest BCUT2D eigenvalue weighted by molar-refractivity contribution is 5.92. The second-order valence-corrected chi connectivity index (χ2v) is 5.05. The third-order valence-corrected chi connectivity index (χ3v) is 3.92. The van der Waals surface area contributed by atoms with Crippen molar-refractivity contribution in [2.45, 2.75) is 31.6 Å². The molecule has 0 aromatic heterocycles. The number of phenols is 3. The van der Waals surface area contributed by atoms with Gasteiger partial charge in [0.15, 0.2) is 11.5 Å². The Morgan fingerprint density at radius 2 is 1.61 bits per heavy atom. The molecular weight excluding hydrogens is 228 g/mol. The Morgan fingerprint density at radius 3 is 2.33 bits per heavy atom. The minimum absolute atomic E-state index is 0.247. The van der Waals surface area contributed by atoms with Crippen molar-refractivity contribution < 1.29 is 15.3 Å². The molecule has 1 fully saturated rings. The molecule has 1 aliphatic carbocycles. The fraction of sp³-hybridized carbons (Fsp3) is 0.333. The maximum Gasteiger partial charge on any atom is 0.200 e. The van der Waals surface area contributed by atoms with E-state index in [0.717, 1.165) is 5.39 Å². The highest BCUT2D eigenvalue weighted by Crippen LogP contribution is 2.43. The SMILES string of the molecule is Oc1cc2cc(C3CCCC3)ccc2c(O)c1O. The Morgan fingerprint density at radius 1 is 0.889 bits per heavy atom. The van der Waals surface area contributed by atoms with Gasteiger partial charge in [0.2, 0.25) is 5.75 Å². The summed E-state index contributed by atoms with van der Waals surface area (Å²) in [5.74, 6) is -0.379. The van der Waals surface area contributed by atoms with Gasteiger partial charge in [0.05, 0.1) is 0 Å². The zero-order valence-corrected chi connectivity index (χ0v) is 10.1. The van der Waals surface area contributed by atoms with Crippen molar-refractivity contribution in [1.82, 2.24) is 0 Å². The normalized spacial score (nSPS) is 16.4. The molecule has 0 radical (unpaired) electrons. The monoisotopic (exact) mass is 244 g/mol. The minimum atomic E-state index is -0.448. The van der Waals surface area contributed by atoms with Gasteiger partial charge in [-0.1, -0.05) is 31.0 Å². The summed E-state index contributed by atoms with van der Waals surface area (Å²) in [4.78, 5) is 0. The lowest BCUT2D eigenvalue weighted by Crippen LogP contribution is -1.91. The lowest BCUT2D eigenvalue weighted by molar-refractivity contribution is 0.371. The average Bonchev–Trinajstić information content (AvgIpc) is 2.89. The molecule has 0 saturated heterocycles. The molecule has 0 amide bonds. The van der Waals surface area contributed by atoms with Gasteiger partial charge in [-0.15, -0.1) is 0 Å². The quantitative estimate of drug-likeness (QED) is 0.671. The molecule has 1 aliphatic rings. The summed E-state index contributed by atoms with van der Waals surface area (Å²) >= 11 is 0. The van der Waals surface area contributed by atoms with Crippen LogP contribution in [-0.4, -0.2) is 15.3 Å². The van der Waals surface area contributed by atoms with Crippen molar-refractivity contribution in [3.63, 3.8) is 0 Å². The number of phenolic OH excluding ortho intramolecular Hbond substituents is 3. The maximum atomic E-state index is 9.79. The van der Waals surface area contributed by atoms with Crippen LogP contribution in [0.25, 0.3) is 10.8 Å². The van der Waals surface area contributed by atoms with Crippen molar-refractivity contribution in [3.8, 4) is 17.2 Å². The predicted octanol–water partition coefficient (Wildman–Crippen LogP) is 3.61. The molecule has 94 valence electrons. The van der Waals surface area contributed by atoms with Crippen molar-refractivity contribution in [2.75, 3.05) is 0 Å². The first kappa shape index (κ1) is 11.2. The van der Waals surface area contributed by atoms with Crippen LogP contribution in [0.2, 0.25) is 0 Å². The van der Waals surface area contributed by atoms with Gasteiger partial charge in [-0.2, -0.15) is 0 Å². The van der Waals surface area contributed by atoms with Gasteiger partial charge in [-0.25, -0.2) is 0 Å². The van der Waals surface area contributed by atoms with Crippen LogP contribution >= 0.6 is 0 Å². The molecule has 1 saturated carbocycles. The Bertz CT molecular complexity index is 598. The first-order valence-corrected chi connectivity index (χ1v) is 6.34. The van der Waals surface area contributed by atoms with Crippen LogP contribution in [0.15, 0.2) is 24.3 Å². The fourth-order valence-corrected chi connectivity index (χ4v) is 2.89. The van der Waals surface area contributed by atoms with E-state index in [1.165, 1.54) is 37.3 Å². The van der Waals surface area contributed by atoms with Gasteiger partial charge in [0, 0.05) is 5.39 Å². The van der Waals surface area contributed by atoms with Crippen molar-refractivity contribution in [2.24, 2.45) is 0 Å². The average molecular weight is 244 g/mol. The van der Waals surface area contributed by atoms with Crippen LogP contribution in [0, 0.1) is 0 Å². The number of aromatic hydroxyl groups is 3. The number of rotatable bonds is 1. The zero-order chi connectivity index (χ0) is 12.7. The van der Waals surface area contributed by atoms with Gasteiger partial charge in [-0.3, -0.25) is 0 Å². The summed E-state index contributed by atoms with van der Waals surface area (Å²) in [5.41, 5.74) is 1.25. The van der Waals surface area contributed by atoms with E-state index in [4.69, 9.17) is 0 Å². The summed E-state index contributed by atoms with van der Waals surface area (Å²) in [6.45, 7) is 0. The third-order valence-electron chi connectivity index (χ3n) is 3.92. The van der Waals surface area contributed by atoms with Gasteiger partial charge in [0.25, 0.3) is 0 Å². The first-order valence-electron chi connectivity index (χ1n) is 6.34. The Hall–Kier alpha value is -1.90. The molecule has 0 heterocycles. The molecule has 3 rings (SSSR count). The van der Waals surface area contributed by atoms with Gasteiger partial charge < -0.3 is 15.3 Å². The Kier molecular flexibility index (Phi) is 2.54. The first-order chi connectivity index (χ1) is 8.66. The minimum Gasteiger partial charge on any atom is -0.504 e. The Labute approximate surface area is 105 Å². The Balaban J connectivity index is 2.14. The van der Waals surface area contributed by atoms with Crippen molar-refractivity contribution >= 4 is 10.8 Å². The van der Waals surface area contributed by atoms with Crippen LogP contribution in [0.3, 0.4) is 0 Å². The van der Waals surface area contributed by atoms with E-state index < -0.39 is 5.75 Å². The molecule has 3 heteroatoms. The summed E-state index contributed by atoms with van der Waals surface area (Å²) in [6.07, 6.45) is 4.96. The molecule has 0 spiro atoms. The lowest BCUT2D eigenvalue weighted by atomic mass is 9.94. The smallest absolute Gasteiger partial charge is 0.200 e. The van der Waals surface area contributed by atoms with Crippen LogP contribution in [0.4, 0.5) is 0 Å². The lowest BCUT2D eigenvalue weighted by Gasteiger charge is -2.12. The topological polar surface area (TPSA) is 60.7 Å². The predicted molar refractivity (Wildman–Crippen MR) is 70.2 cm³/mol. The molecule has 18 heavy (non-hydrogen) atoms. The van der Waals surface area contributed by atoms with E-state index in [-0.39, 0.29) is 11.5 Å². The van der Waals surface area contributed by atoms with E-state index >= 15 is 0 Å². The number of benzene rings is 2. The van der Waals surface area contributed by atoms with Gasteiger partial charge in [0.1, 0.15) is 0 Å². The summed E-state index contributed by atoms with van der Waals surface area (Å²) in [7, 11) is 0. The molecule has 0 atom stereocenters. The molecule has 3 nitrogen and oxygen atoms in total. The van der Waals surface area contributed by atoms with E-state index in [9.17, 15) is 15.3 Å². The summed E-state index contributed by atoms with van der Waals surface area (Å²) in [5, 5.41) is 30.2. The maximum absolute atomic E-state index is 9.79. The van der Waals surface area contributed by atoms with Crippen LogP contribution in [-0.2, 0) is 0 Å². The molecule has 2 aromatic carbocycles. The highest BCUT2D eigenvalue weighted by atomic mass is 16.3. The van der Waals surface area contributed by atoms with Gasteiger partial charge in [-0.05, 0) is 35.8 Å². The molecule has 2 aromatic rings. The molecule has 0 aliphatic heterocycles. The standard InChI is InChI=1S/C15H16O3/c16-13-8-11-7-10(9-3-1-2-4-9)5-6-12(11)14(17)15(13)18/h5-9,16-18H,1-4H2. The van der Waals surface area contributed by atoms with Crippen molar-refractivity contribution in [1.29, 1.82) is 0 Å². The van der Waals surface area contributed by atoms with Crippen LogP contribution in [0.1, 0.15) is 37.2 Å².